The number of aromatic amines is 1. The molecule has 0 spiro atoms. The summed E-state index contributed by atoms with van der Waals surface area (Å²) in [6.07, 6.45) is 0.717. The molecule has 1 fully saturated rings. The van der Waals surface area contributed by atoms with Crippen molar-refractivity contribution in [1.82, 2.24) is 14.5 Å². The van der Waals surface area contributed by atoms with E-state index in [0.717, 1.165) is 0 Å². The minimum atomic E-state index is -0.723. The van der Waals surface area contributed by atoms with Crippen LogP contribution in [0.4, 0.5) is 5.82 Å². The molecule has 1 aliphatic rings. The largest absolute Gasteiger partial charge is 0.384 e. The number of morpholine rings is 1. The molecule has 0 unspecified atom stereocenters. The number of H-pyrrole nitrogens is 1. The number of carbonyl (C=O) groups is 1. The molecule has 128 valence electrons. The highest BCUT2D eigenvalue weighted by molar-refractivity contribution is 6.01. The van der Waals surface area contributed by atoms with Crippen molar-refractivity contribution in [1.29, 1.82) is 0 Å². The highest BCUT2D eigenvalue weighted by Crippen LogP contribution is 2.12. The van der Waals surface area contributed by atoms with E-state index in [0.29, 0.717) is 26.1 Å². The maximum Gasteiger partial charge on any atom is 0.329 e. The van der Waals surface area contributed by atoms with Crippen LogP contribution in [0.5, 0.6) is 0 Å². The lowest BCUT2D eigenvalue weighted by Gasteiger charge is -2.34. The number of aromatic nitrogens is 2. The van der Waals surface area contributed by atoms with E-state index in [4.69, 9.17) is 10.5 Å². The molecule has 1 aliphatic heterocycles. The predicted molar refractivity (Wildman–Crippen MR) is 86.8 cm³/mol. The van der Waals surface area contributed by atoms with E-state index in [1.807, 2.05) is 25.7 Å². The van der Waals surface area contributed by atoms with Gasteiger partial charge >= 0.3 is 5.69 Å². The van der Waals surface area contributed by atoms with Crippen molar-refractivity contribution in [2.24, 2.45) is 0 Å². The van der Waals surface area contributed by atoms with Gasteiger partial charge in [0.25, 0.3) is 5.56 Å². The molecule has 2 heterocycles. The van der Waals surface area contributed by atoms with Crippen LogP contribution >= 0.6 is 0 Å². The third-order valence-electron chi connectivity index (χ3n) is 3.83. The molecule has 23 heavy (non-hydrogen) atoms. The van der Waals surface area contributed by atoms with Gasteiger partial charge in [-0.25, -0.2) is 4.79 Å². The molecule has 0 aliphatic carbocycles. The molecule has 2 rings (SSSR count). The summed E-state index contributed by atoms with van der Waals surface area (Å²) in [5.74, 6) is -0.435. The Labute approximate surface area is 134 Å². The predicted octanol–water partition coefficient (Wildman–Crippen LogP) is -0.179. The number of anilines is 1. The summed E-state index contributed by atoms with van der Waals surface area (Å²) in [4.78, 5) is 40.5. The van der Waals surface area contributed by atoms with E-state index in [2.05, 4.69) is 4.98 Å². The molecule has 0 bridgehead atoms. The molecule has 1 aromatic heterocycles. The Hall–Kier alpha value is -1.93. The van der Waals surface area contributed by atoms with Gasteiger partial charge in [-0.3, -0.25) is 24.0 Å². The first-order valence-corrected chi connectivity index (χ1v) is 7.87. The van der Waals surface area contributed by atoms with Crippen LogP contribution < -0.4 is 17.0 Å². The minimum absolute atomic E-state index is 0.0243. The van der Waals surface area contributed by atoms with Gasteiger partial charge in [-0.2, -0.15) is 0 Å². The fourth-order valence-electron chi connectivity index (χ4n) is 3.00. The third kappa shape index (κ3) is 3.89. The Bertz CT molecular complexity index is 684. The number of hydrogen-bond acceptors (Lipinski definition) is 6. The Kier molecular flexibility index (Phi) is 5.38. The maximum absolute atomic E-state index is 12.5. The fourth-order valence-corrected chi connectivity index (χ4v) is 3.00. The van der Waals surface area contributed by atoms with Crippen LogP contribution in [0.25, 0.3) is 0 Å². The monoisotopic (exact) mass is 324 g/mol. The van der Waals surface area contributed by atoms with E-state index >= 15 is 0 Å². The topological polar surface area (TPSA) is 110 Å². The standard InChI is InChI=1S/C15H24N4O4/c1-4-5-19-13(16)12(14(21)17-15(19)22)11(20)8-18-6-9(2)23-10(3)7-18/h9-10H,4-8,16H2,1-3H3,(H,17,21,22)/t9-,10+. The van der Waals surface area contributed by atoms with Crippen molar-refractivity contribution in [3.63, 3.8) is 0 Å². The van der Waals surface area contributed by atoms with E-state index in [1.165, 1.54) is 4.57 Å². The van der Waals surface area contributed by atoms with Crippen molar-refractivity contribution in [2.75, 3.05) is 25.4 Å². The van der Waals surface area contributed by atoms with Gasteiger partial charge in [-0.1, -0.05) is 6.92 Å². The molecule has 0 aromatic carbocycles. The number of nitrogens with one attached hydrogen (secondary N) is 1. The Morgan fingerprint density at radius 1 is 1.30 bits per heavy atom. The van der Waals surface area contributed by atoms with Gasteiger partial charge < -0.3 is 10.5 Å². The lowest BCUT2D eigenvalue weighted by Crippen LogP contribution is -2.48. The van der Waals surface area contributed by atoms with Crippen molar-refractivity contribution < 1.29 is 9.53 Å². The number of hydrogen-bond donors (Lipinski definition) is 2. The number of nitrogens with zero attached hydrogens (tertiary/aromatic N) is 2. The number of Topliss-reactive ketones (excluding diaryl/α,β-unsaturated/α-hetero) is 1. The molecular weight excluding hydrogens is 300 g/mol. The zero-order valence-corrected chi connectivity index (χ0v) is 13.8. The molecule has 0 saturated carbocycles. The molecule has 8 heteroatoms. The summed E-state index contributed by atoms with van der Waals surface area (Å²) in [6, 6.07) is 0. The van der Waals surface area contributed by atoms with Crippen LogP contribution in [-0.2, 0) is 11.3 Å². The Morgan fingerprint density at radius 3 is 2.48 bits per heavy atom. The smallest absolute Gasteiger partial charge is 0.329 e. The first-order chi connectivity index (χ1) is 10.8. The molecule has 1 saturated heterocycles. The maximum atomic E-state index is 12.5. The van der Waals surface area contributed by atoms with Crippen molar-refractivity contribution >= 4 is 11.6 Å². The lowest BCUT2D eigenvalue weighted by atomic mass is 10.1. The SMILES string of the molecule is CCCn1c(N)c(C(=O)CN2C[C@@H](C)O[C@@H](C)C2)c(=O)[nH]c1=O. The third-order valence-corrected chi connectivity index (χ3v) is 3.83. The zero-order valence-electron chi connectivity index (χ0n) is 13.8. The molecule has 0 amide bonds. The lowest BCUT2D eigenvalue weighted by molar-refractivity contribution is -0.0652. The van der Waals surface area contributed by atoms with Crippen molar-refractivity contribution in [3.05, 3.63) is 26.4 Å². The number of nitrogen functional groups attached to an aromatic ring is 1. The van der Waals surface area contributed by atoms with Gasteiger partial charge in [-0.05, 0) is 20.3 Å². The molecule has 3 N–H and O–H groups in total. The molecule has 1 aromatic rings. The second-order valence-corrected chi connectivity index (χ2v) is 6.05. The van der Waals surface area contributed by atoms with Gasteiger partial charge in [-0.15, -0.1) is 0 Å². The number of ketones is 1. The second-order valence-electron chi connectivity index (χ2n) is 6.05. The highest BCUT2D eigenvalue weighted by atomic mass is 16.5. The molecule has 8 nitrogen and oxygen atoms in total. The average Bonchev–Trinajstić information content (AvgIpc) is 2.41. The van der Waals surface area contributed by atoms with Gasteiger partial charge in [0.2, 0.25) is 0 Å². The summed E-state index contributed by atoms with van der Waals surface area (Å²) >= 11 is 0. The summed E-state index contributed by atoms with van der Waals surface area (Å²) in [7, 11) is 0. The highest BCUT2D eigenvalue weighted by Gasteiger charge is 2.26. The second kappa shape index (κ2) is 7.10. The van der Waals surface area contributed by atoms with Gasteiger partial charge in [0.1, 0.15) is 11.4 Å². The molecular formula is C15H24N4O4. The summed E-state index contributed by atoms with van der Waals surface area (Å²) in [5, 5.41) is 0. The van der Waals surface area contributed by atoms with Crippen LogP contribution in [0.2, 0.25) is 0 Å². The van der Waals surface area contributed by atoms with Crippen LogP contribution in [0.3, 0.4) is 0 Å². The van der Waals surface area contributed by atoms with Crippen molar-refractivity contribution in [3.8, 4) is 0 Å². The summed E-state index contributed by atoms with van der Waals surface area (Å²) in [6.45, 7) is 7.43. The molecule has 0 radical (unpaired) electrons. The Balaban J connectivity index is 2.27. The van der Waals surface area contributed by atoms with Crippen molar-refractivity contribution in [2.45, 2.75) is 45.9 Å². The first kappa shape index (κ1) is 17.4. The number of nitrogens with two attached hydrogens (primary N) is 1. The van der Waals surface area contributed by atoms with Crippen LogP contribution in [0, 0.1) is 0 Å². The number of rotatable bonds is 5. The van der Waals surface area contributed by atoms with Crippen LogP contribution in [0.15, 0.2) is 9.59 Å². The first-order valence-electron chi connectivity index (χ1n) is 7.87. The number of ether oxygens (including phenoxy) is 1. The zero-order chi connectivity index (χ0) is 17.1. The van der Waals surface area contributed by atoms with E-state index in [1.54, 1.807) is 0 Å². The van der Waals surface area contributed by atoms with Gasteiger partial charge in [0, 0.05) is 19.6 Å². The summed E-state index contributed by atoms with van der Waals surface area (Å²) < 4.78 is 6.86. The van der Waals surface area contributed by atoms with E-state index in [-0.39, 0.29) is 35.9 Å². The van der Waals surface area contributed by atoms with Crippen LogP contribution in [-0.4, -0.2) is 52.1 Å². The quantitative estimate of drug-likeness (QED) is 0.727. The Morgan fingerprint density at radius 2 is 1.91 bits per heavy atom. The normalized spacial score (nSPS) is 22.2. The van der Waals surface area contributed by atoms with E-state index in [9.17, 15) is 14.4 Å². The number of carbonyl (C=O) groups excluding carboxylic acids is 1. The fraction of sp³-hybridized carbons (Fsp3) is 0.667. The average molecular weight is 324 g/mol. The van der Waals surface area contributed by atoms with Gasteiger partial charge in [0.15, 0.2) is 5.78 Å². The molecule has 2 atom stereocenters. The minimum Gasteiger partial charge on any atom is -0.384 e. The van der Waals surface area contributed by atoms with Gasteiger partial charge in [0.05, 0.1) is 18.8 Å². The van der Waals surface area contributed by atoms with Crippen LogP contribution in [0.1, 0.15) is 37.6 Å². The summed E-state index contributed by atoms with van der Waals surface area (Å²) in [5.41, 5.74) is 4.47. The van der Waals surface area contributed by atoms with E-state index < -0.39 is 11.2 Å².